The van der Waals surface area contributed by atoms with Crippen molar-refractivity contribution in [3.05, 3.63) is 125 Å². The maximum absolute atomic E-state index is 14.7. The summed E-state index contributed by atoms with van der Waals surface area (Å²) in [5, 5.41) is 2.95. The lowest BCUT2D eigenvalue weighted by Gasteiger charge is -2.09. The second-order valence-corrected chi connectivity index (χ2v) is 8.47. The van der Waals surface area contributed by atoms with Gasteiger partial charge in [0, 0.05) is 33.0 Å². The summed E-state index contributed by atoms with van der Waals surface area (Å²) in [7, 11) is 0. The Kier molecular flexibility index (Phi) is 5.57. The quantitative estimate of drug-likeness (QED) is 0.353. The zero-order valence-electron chi connectivity index (χ0n) is 17.1. The van der Waals surface area contributed by atoms with Crippen molar-refractivity contribution in [1.29, 1.82) is 0 Å². The highest BCUT2D eigenvalue weighted by Gasteiger charge is 2.21. The lowest BCUT2D eigenvalue weighted by molar-refractivity contribution is 0.0951. The molecule has 0 unspecified atom stereocenters. The van der Waals surface area contributed by atoms with Crippen LogP contribution in [0.1, 0.15) is 27.0 Å². The molecule has 32 heavy (non-hydrogen) atoms. The first kappa shape index (κ1) is 20.2. The van der Waals surface area contributed by atoms with Crippen LogP contribution in [0, 0.1) is 5.82 Å². The molecule has 0 atom stereocenters. The van der Waals surface area contributed by atoms with Gasteiger partial charge in [0.1, 0.15) is 5.82 Å². The minimum absolute atomic E-state index is 0.175. The van der Waals surface area contributed by atoms with Gasteiger partial charge in [-0.1, -0.05) is 72.4 Å². The van der Waals surface area contributed by atoms with Gasteiger partial charge < -0.3 is 5.32 Å². The number of nitrogens with one attached hydrogen (secondary N) is 1. The van der Waals surface area contributed by atoms with Gasteiger partial charge >= 0.3 is 0 Å². The Morgan fingerprint density at radius 3 is 2.34 bits per heavy atom. The number of halogens is 1. The Bertz CT molecular complexity index is 1330. The number of fused-ring (bicyclic) bond motifs is 2. The highest BCUT2D eigenvalue weighted by molar-refractivity contribution is 7.99. The molecule has 156 valence electrons. The number of amides is 1. The summed E-state index contributed by atoms with van der Waals surface area (Å²) in [4.78, 5) is 19.6. The van der Waals surface area contributed by atoms with Crippen LogP contribution in [0.5, 0.6) is 0 Å². The van der Waals surface area contributed by atoms with Crippen LogP contribution in [0.4, 0.5) is 10.1 Å². The first-order chi connectivity index (χ1) is 15.7. The largest absolute Gasteiger partial charge is 0.348 e. The molecule has 1 heterocycles. The van der Waals surface area contributed by atoms with E-state index < -0.39 is 0 Å². The first-order valence-electron chi connectivity index (χ1n) is 10.3. The van der Waals surface area contributed by atoms with Crippen molar-refractivity contribution in [2.24, 2.45) is 4.99 Å². The Balaban J connectivity index is 1.53. The third-order valence-corrected chi connectivity index (χ3v) is 6.38. The molecule has 5 heteroatoms. The van der Waals surface area contributed by atoms with Gasteiger partial charge in [-0.2, -0.15) is 0 Å². The van der Waals surface area contributed by atoms with Gasteiger partial charge in [-0.05, 0) is 42.0 Å². The predicted octanol–water partition coefficient (Wildman–Crippen LogP) is 6.39. The maximum Gasteiger partial charge on any atom is 0.251 e. The van der Waals surface area contributed by atoms with Gasteiger partial charge in [0.05, 0.1) is 11.4 Å². The number of nitrogens with zero attached hydrogens (tertiary/aromatic N) is 1. The predicted molar refractivity (Wildman–Crippen MR) is 126 cm³/mol. The fourth-order valence-corrected chi connectivity index (χ4v) is 4.62. The monoisotopic (exact) mass is 438 g/mol. The number of benzene rings is 4. The molecule has 3 nitrogen and oxygen atoms in total. The smallest absolute Gasteiger partial charge is 0.251 e. The van der Waals surface area contributed by atoms with E-state index in [1.807, 2.05) is 60.7 Å². The van der Waals surface area contributed by atoms with Crippen molar-refractivity contribution in [2.45, 2.75) is 16.3 Å². The molecule has 1 N–H and O–H groups in total. The third-order valence-electron chi connectivity index (χ3n) is 5.24. The van der Waals surface area contributed by atoms with Crippen LogP contribution in [0.3, 0.4) is 0 Å². The minimum Gasteiger partial charge on any atom is -0.348 e. The van der Waals surface area contributed by atoms with E-state index in [0.717, 1.165) is 20.9 Å². The van der Waals surface area contributed by atoms with Gasteiger partial charge in [-0.25, -0.2) is 9.38 Å². The van der Waals surface area contributed by atoms with Gasteiger partial charge in [0.2, 0.25) is 0 Å². The highest BCUT2D eigenvalue weighted by Crippen LogP contribution is 2.41. The highest BCUT2D eigenvalue weighted by atomic mass is 32.2. The number of carbonyl (C=O) groups is 1. The van der Waals surface area contributed by atoms with E-state index in [1.54, 1.807) is 42.1 Å². The zero-order valence-corrected chi connectivity index (χ0v) is 17.9. The first-order valence-corrected chi connectivity index (χ1v) is 11.1. The lowest BCUT2D eigenvalue weighted by Crippen LogP contribution is -2.22. The Morgan fingerprint density at radius 2 is 1.53 bits per heavy atom. The molecule has 0 bridgehead atoms. The Morgan fingerprint density at radius 1 is 0.812 bits per heavy atom. The van der Waals surface area contributed by atoms with Gasteiger partial charge in [-0.15, -0.1) is 0 Å². The fraction of sp³-hybridized carbons (Fsp3) is 0.0370. The fourth-order valence-electron chi connectivity index (χ4n) is 3.62. The second-order valence-electron chi connectivity index (χ2n) is 7.39. The van der Waals surface area contributed by atoms with E-state index in [2.05, 4.69) is 5.32 Å². The summed E-state index contributed by atoms with van der Waals surface area (Å²) in [6.07, 6.45) is 0. The van der Waals surface area contributed by atoms with Crippen LogP contribution in [0.2, 0.25) is 0 Å². The summed E-state index contributed by atoms with van der Waals surface area (Å²) in [6, 6.07) is 29.7. The number of hydrogen-bond acceptors (Lipinski definition) is 3. The van der Waals surface area contributed by atoms with Crippen molar-refractivity contribution in [3.63, 3.8) is 0 Å². The van der Waals surface area contributed by atoms with E-state index in [1.165, 1.54) is 6.07 Å². The third kappa shape index (κ3) is 4.07. The van der Waals surface area contributed by atoms with Gasteiger partial charge in [-0.3, -0.25) is 4.79 Å². The standard InChI is InChI=1S/C27H19FN2OS/c28-22-12-6-4-10-20(22)26-21-11-5-7-13-24(21)32-25-15-14-19(16-23(25)30-26)27(31)29-17-18-8-2-1-3-9-18/h1-16H,17H2,(H,29,31). The molecule has 1 amide bonds. The topological polar surface area (TPSA) is 41.5 Å². The molecule has 4 aromatic rings. The molecule has 4 aromatic carbocycles. The Hall–Kier alpha value is -3.70. The molecular weight excluding hydrogens is 419 g/mol. The molecule has 1 aliphatic heterocycles. The Labute approximate surface area is 190 Å². The van der Waals surface area contributed by atoms with Gasteiger partial charge in [0.25, 0.3) is 5.91 Å². The summed E-state index contributed by atoms with van der Waals surface area (Å²) in [5.41, 5.74) is 4.06. The molecule has 0 saturated carbocycles. The number of rotatable bonds is 4. The van der Waals surface area contributed by atoms with Crippen molar-refractivity contribution in [3.8, 4) is 0 Å². The molecule has 0 radical (unpaired) electrons. The van der Waals surface area contributed by atoms with Crippen LogP contribution >= 0.6 is 11.8 Å². The maximum atomic E-state index is 14.7. The van der Waals surface area contributed by atoms with E-state index in [0.29, 0.717) is 29.1 Å². The summed E-state index contributed by atoms with van der Waals surface area (Å²) in [6.45, 7) is 0.445. The van der Waals surface area contributed by atoms with Gasteiger partial charge in [0.15, 0.2) is 0 Å². The lowest BCUT2D eigenvalue weighted by atomic mass is 10.0. The van der Waals surface area contributed by atoms with Crippen LogP contribution in [0.25, 0.3) is 0 Å². The average molecular weight is 439 g/mol. The molecule has 0 aliphatic carbocycles. The van der Waals surface area contributed by atoms with E-state index in [9.17, 15) is 9.18 Å². The van der Waals surface area contributed by atoms with Crippen molar-refractivity contribution < 1.29 is 9.18 Å². The van der Waals surface area contributed by atoms with Crippen LogP contribution < -0.4 is 5.32 Å². The van der Waals surface area contributed by atoms with Crippen LogP contribution in [0.15, 0.2) is 112 Å². The van der Waals surface area contributed by atoms with Crippen molar-refractivity contribution >= 4 is 29.1 Å². The summed E-state index contributed by atoms with van der Waals surface area (Å²) < 4.78 is 14.7. The van der Waals surface area contributed by atoms with Crippen molar-refractivity contribution in [2.75, 3.05) is 0 Å². The molecule has 0 fully saturated rings. The molecule has 5 rings (SSSR count). The zero-order chi connectivity index (χ0) is 21.9. The number of hydrogen-bond donors (Lipinski definition) is 1. The molecular formula is C27H19FN2OS. The second kappa shape index (κ2) is 8.81. The van der Waals surface area contributed by atoms with E-state index in [-0.39, 0.29) is 11.7 Å². The van der Waals surface area contributed by atoms with E-state index in [4.69, 9.17) is 4.99 Å². The summed E-state index contributed by atoms with van der Waals surface area (Å²) >= 11 is 1.57. The minimum atomic E-state index is -0.328. The molecule has 0 saturated heterocycles. The normalized spacial score (nSPS) is 12.2. The molecule has 1 aliphatic rings. The van der Waals surface area contributed by atoms with Crippen LogP contribution in [-0.4, -0.2) is 11.6 Å². The SMILES string of the molecule is O=C(NCc1ccccc1)c1ccc2c(c1)N=C(c1ccccc1F)c1ccccc1S2. The van der Waals surface area contributed by atoms with Crippen molar-refractivity contribution in [1.82, 2.24) is 5.32 Å². The summed E-state index contributed by atoms with van der Waals surface area (Å²) in [5.74, 6) is -0.502. The number of carbonyl (C=O) groups excluding carboxylic acids is 1. The average Bonchev–Trinajstić information content (AvgIpc) is 3.00. The van der Waals surface area contributed by atoms with E-state index >= 15 is 0 Å². The van der Waals surface area contributed by atoms with Crippen LogP contribution in [-0.2, 0) is 6.54 Å². The number of aliphatic imine (C=N–C) groups is 1. The molecule has 0 spiro atoms. The molecule has 0 aromatic heterocycles.